The number of benzene rings is 3. The first-order chi connectivity index (χ1) is 16.3. The summed E-state index contributed by atoms with van der Waals surface area (Å²) < 4.78 is 97.7. The van der Waals surface area contributed by atoms with Gasteiger partial charge in [-0.2, -0.15) is 26.3 Å². The molecule has 3 aromatic carbocycles. The fraction of sp³-hybridized carbons (Fsp3) is 0.217. The van der Waals surface area contributed by atoms with E-state index < -0.39 is 42.9 Å². The number of anilines is 1. The van der Waals surface area contributed by atoms with Crippen molar-refractivity contribution in [3.05, 3.63) is 87.7 Å². The normalized spacial score (nSPS) is 13.0. The molecule has 0 amide bonds. The first-order valence-electron chi connectivity index (χ1n) is 9.83. The first kappa shape index (κ1) is 26.9. The zero-order valence-electron chi connectivity index (χ0n) is 17.5. The lowest BCUT2D eigenvalue weighted by atomic mass is 10.1. The zero-order valence-corrected chi connectivity index (χ0v) is 19.0. The highest BCUT2D eigenvalue weighted by Gasteiger charge is 2.39. The molecule has 3 aromatic rings. The highest BCUT2D eigenvalue weighted by Crippen LogP contribution is 2.36. The second-order valence-corrected chi connectivity index (χ2v) is 8.18. The highest BCUT2D eigenvalue weighted by molar-refractivity contribution is 6.42. The van der Waals surface area contributed by atoms with Gasteiger partial charge in [-0.15, -0.1) is 0 Å². The number of nitrogens with zero attached hydrogens (tertiary/aromatic N) is 1. The van der Waals surface area contributed by atoms with Crippen molar-refractivity contribution in [2.24, 2.45) is 0 Å². The number of hydrogen-bond donors (Lipinski definition) is 1. The Kier molecular flexibility index (Phi) is 8.08. The summed E-state index contributed by atoms with van der Waals surface area (Å²) in [6, 6.07) is 11.9. The van der Waals surface area contributed by atoms with E-state index in [2.05, 4.69) is 0 Å². The van der Waals surface area contributed by atoms with Gasteiger partial charge in [0.25, 0.3) is 0 Å². The highest BCUT2D eigenvalue weighted by atomic mass is 35.5. The molecule has 0 aliphatic carbocycles. The van der Waals surface area contributed by atoms with Gasteiger partial charge in [0.2, 0.25) is 0 Å². The largest absolute Gasteiger partial charge is 0.456 e. The number of alkyl halides is 6. The summed E-state index contributed by atoms with van der Waals surface area (Å²) in [7, 11) is 0. The van der Waals surface area contributed by atoms with Crippen LogP contribution in [0.15, 0.2) is 60.7 Å². The molecule has 0 saturated carbocycles. The molecule has 1 atom stereocenters. The minimum absolute atomic E-state index is 0.0725. The van der Waals surface area contributed by atoms with Crippen LogP contribution >= 0.6 is 23.2 Å². The molecule has 0 heterocycles. The summed E-state index contributed by atoms with van der Waals surface area (Å²) in [5.41, 5.74) is -1.48. The average molecular weight is 542 g/mol. The predicted octanol–water partition coefficient (Wildman–Crippen LogP) is 7.87. The number of hydrogen-bond acceptors (Lipinski definition) is 3. The molecule has 3 rings (SSSR count). The molecule has 3 nitrogen and oxygen atoms in total. The summed E-state index contributed by atoms with van der Waals surface area (Å²) >= 11 is 12.0. The number of aliphatic hydroxyl groups excluding tert-OH is 1. The molecule has 0 bridgehead atoms. The van der Waals surface area contributed by atoms with Crippen molar-refractivity contribution in [2.75, 3.05) is 11.4 Å². The van der Waals surface area contributed by atoms with E-state index in [1.165, 1.54) is 36.4 Å². The molecule has 0 radical (unpaired) electrons. The van der Waals surface area contributed by atoms with Crippen molar-refractivity contribution in [1.29, 1.82) is 0 Å². The molecular formula is C23H16Cl2F7NO2. The van der Waals surface area contributed by atoms with Crippen molar-refractivity contribution in [3.63, 3.8) is 0 Å². The third kappa shape index (κ3) is 6.93. The maximum Gasteiger partial charge on any atom is 0.416 e. The SMILES string of the molecule is OC(CN(Cc1ccc(C(F)(F)F)cc1F)c1cccc(Oc2cccc(Cl)c2Cl)c1)C(F)(F)F. The summed E-state index contributed by atoms with van der Waals surface area (Å²) in [6.07, 6.45) is -12.6. The van der Waals surface area contributed by atoms with Crippen LogP contribution in [0.5, 0.6) is 11.5 Å². The van der Waals surface area contributed by atoms with E-state index >= 15 is 0 Å². The fourth-order valence-corrected chi connectivity index (χ4v) is 3.39. The van der Waals surface area contributed by atoms with Gasteiger partial charge < -0.3 is 14.7 Å². The van der Waals surface area contributed by atoms with Gasteiger partial charge in [-0.1, -0.05) is 41.4 Å². The van der Waals surface area contributed by atoms with Gasteiger partial charge in [-0.3, -0.25) is 0 Å². The van der Waals surface area contributed by atoms with Gasteiger partial charge in [0.05, 0.1) is 17.1 Å². The Morgan fingerprint density at radius 1 is 0.914 bits per heavy atom. The molecular weight excluding hydrogens is 526 g/mol. The van der Waals surface area contributed by atoms with E-state index in [4.69, 9.17) is 27.9 Å². The minimum Gasteiger partial charge on any atom is -0.456 e. The van der Waals surface area contributed by atoms with E-state index in [0.29, 0.717) is 6.07 Å². The summed E-state index contributed by atoms with van der Waals surface area (Å²) in [4.78, 5) is 0.969. The Labute approximate surface area is 205 Å². The van der Waals surface area contributed by atoms with Crippen LogP contribution in [0.1, 0.15) is 11.1 Å². The Morgan fingerprint density at radius 3 is 2.23 bits per heavy atom. The average Bonchev–Trinajstić information content (AvgIpc) is 2.76. The number of halogens is 9. The maximum absolute atomic E-state index is 14.4. The standard InChI is InChI=1S/C23H16Cl2F7NO2/c24-17-5-2-6-19(21(17)25)35-16-4-1-3-15(10-16)33(12-20(34)23(30,31)32)11-13-7-8-14(9-18(13)26)22(27,28)29/h1-10,20,34H,11-12H2. The van der Waals surface area contributed by atoms with Crippen LogP contribution in [0.4, 0.5) is 36.4 Å². The van der Waals surface area contributed by atoms with Crippen molar-refractivity contribution in [3.8, 4) is 11.5 Å². The van der Waals surface area contributed by atoms with Gasteiger partial charge in [0.1, 0.15) is 22.3 Å². The summed E-state index contributed by atoms with van der Waals surface area (Å²) in [5.74, 6) is -0.970. The molecule has 1 N–H and O–H groups in total. The third-order valence-electron chi connectivity index (χ3n) is 4.84. The van der Waals surface area contributed by atoms with E-state index in [0.717, 1.165) is 11.0 Å². The molecule has 0 aromatic heterocycles. The first-order valence-corrected chi connectivity index (χ1v) is 10.6. The van der Waals surface area contributed by atoms with Crippen LogP contribution in [-0.2, 0) is 12.7 Å². The lowest BCUT2D eigenvalue weighted by Gasteiger charge is -2.29. The predicted molar refractivity (Wildman–Crippen MR) is 117 cm³/mol. The van der Waals surface area contributed by atoms with Crippen LogP contribution in [0.2, 0.25) is 10.0 Å². The Bertz CT molecular complexity index is 1190. The van der Waals surface area contributed by atoms with Crippen LogP contribution in [0, 0.1) is 5.82 Å². The number of ether oxygens (including phenoxy) is 1. The number of aliphatic hydroxyl groups is 1. The Balaban J connectivity index is 1.94. The monoisotopic (exact) mass is 541 g/mol. The smallest absolute Gasteiger partial charge is 0.416 e. The van der Waals surface area contributed by atoms with Gasteiger partial charge in [-0.25, -0.2) is 4.39 Å². The fourth-order valence-electron chi connectivity index (χ4n) is 3.06. The summed E-state index contributed by atoms with van der Waals surface area (Å²) in [6.45, 7) is -1.59. The van der Waals surface area contributed by atoms with E-state index in [1.54, 1.807) is 6.07 Å². The second kappa shape index (κ2) is 10.5. The van der Waals surface area contributed by atoms with Gasteiger partial charge >= 0.3 is 12.4 Å². The number of rotatable bonds is 7. The second-order valence-electron chi connectivity index (χ2n) is 7.39. The molecule has 12 heteroatoms. The molecule has 0 spiro atoms. The van der Waals surface area contributed by atoms with Crippen molar-refractivity contribution in [2.45, 2.75) is 25.0 Å². The quantitative estimate of drug-likeness (QED) is 0.309. The topological polar surface area (TPSA) is 32.7 Å². The van der Waals surface area contributed by atoms with Crippen LogP contribution in [0.3, 0.4) is 0 Å². The lowest BCUT2D eigenvalue weighted by Crippen LogP contribution is -2.41. The van der Waals surface area contributed by atoms with Crippen molar-refractivity contribution in [1.82, 2.24) is 0 Å². The van der Waals surface area contributed by atoms with Gasteiger partial charge in [0, 0.05) is 23.9 Å². The molecule has 0 fully saturated rings. The van der Waals surface area contributed by atoms with Gasteiger partial charge in [0.15, 0.2) is 6.10 Å². The van der Waals surface area contributed by atoms with Crippen LogP contribution in [-0.4, -0.2) is 23.9 Å². The molecule has 188 valence electrons. The van der Waals surface area contributed by atoms with Crippen LogP contribution in [0.25, 0.3) is 0 Å². The zero-order chi connectivity index (χ0) is 26.0. The third-order valence-corrected chi connectivity index (χ3v) is 5.64. The molecule has 0 saturated heterocycles. The lowest BCUT2D eigenvalue weighted by molar-refractivity contribution is -0.200. The molecule has 1 unspecified atom stereocenters. The molecule has 0 aliphatic heterocycles. The summed E-state index contributed by atoms with van der Waals surface area (Å²) in [5, 5.41) is 9.91. The minimum atomic E-state index is -4.99. The maximum atomic E-state index is 14.4. The van der Waals surface area contributed by atoms with Crippen molar-refractivity contribution < 1.29 is 40.6 Å². The molecule has 0 aliphatic rings. The Hall–Kier alpha value is -2.69. The Morgan fingerprint density at radius 2 is 1.60 bits per heavy atom. The van der Waals surface area contributed by atoms with Gasteiger partial charge in [-0.05, 0) is 36.4 Å². The van der Waals surface area contributed by atoms with Crippen molar-refractivity contribution >= 4 is 28.9 Å². The van der Waals surface area contributed by atoms with E-state index in [-0.39, 0.29) is 38.9 Å². The van der Waals surface area contributed by atoms with Crippen LogP contribution < -0.4 is 9.64 Å². The molecule has 35 heavy (non-hydrogen) atoms. The van der Waals surface area contributed by atoms with E-state index in [9.17, 15) is 35.8 Å². The van der Waals surface area contributed by atoms with E-state index in [1.807, 2.05) is 0 Å².